The van der Waals surface area contributed by atoms with Gasteiger partial charge in [-0.05, 0) is 52.7 Å². The highest BCUT2D eigenvalue weighted by atomic mass is 79.9. The van der Waals surface area contributed by atoms with Crippen LogP contribution in [0.15, 0.2) is 16.7 Å². The van der Waals surface area contributed by atoms with Crippen LogP contribution in [-0.4, -0.2) is 4.98 Å². The van der Waals surface area contributed by atoms with Crippen LogP contribution in [-0.2, 0) is 6.42 Å². The Hall–Kier alpha value is -0.370. The maximum Gasteiger partial charge on any atom is 0.106 e. The lowest BCUT2D eigenvalue weighted by molar-refractivity contribution is 0.572. The number of hydrogen-bond donors (Lipinski definition) is 0. The summed E-state index contributed by atoms with van der Waals surface area (Å²) in [4.78, 5) is 4.51. The molecule has 0 fully saturated rings. The van der Waals surface area contributed by atoms with Crippen LogP contribution in [0.1, 0.15) is 36.9 Å². The van der Waals surface area contributed by atoms with Gasteiger partial charge >= 0.3 is 0 Å². The van der Waals surface area contributed by atoms with E-state index in [1.165, 1.54) is 30.5 Å². The van der Waals surface area contributed by atoms with Crippen LogP contribution < -0.4 is 0 Å². The summed E-state index contributed by atoms with van der Waals surface area (Å²) in [6.45, 7) is 2.26. The van der Waals surface area contributed by atoms with Gasteiger partial charge in [-0.2, -0.15) is 0 Å². The minimum atomic E-state index is 0.645. The van der Waals surface area contributed by atoms with E-state index >= 15 is 0 Å². The number of aryl methyl sites for hydroxylation is 1. The largest absolute Gasteiger partial charge is 0.245 e. The Morgan fingerprint density at radius 2 is 2.33 bits per heavy atom. The Morgan fingerprint density at radius 3 is 3.17 bits per heavy atom. The SMILES string of the molecule is CC1CCCc2ccc(Br)nc21. The van der Waals surface area contributed by atoms with E-state index in [9.17, 15) is 0 Å². The standard InChI is InChI=1S/C10H12BrN/c1-7-3-2-4-8-5-6-9(11)12-10(7)8/h5-7H,2-4H2,1H3. The van der Waals surface area contributed by atoms with E-state index in [-0.39, 0.29) is 0 Å². The van der Waals surface area contributed by atoms with E-state index in [0.29, 0.717) is 5.92 Å². The number of halogens is 1. The third-order valence-corrected chi connectivity index (χ3v) is 2.97. The molecule has 1 unspecified atom stereocenters. The van der Waals surface area contributed by atoms with Gasteiger partial charge in [-0.3, -0.25) is 0 Å². The molecular formula is C10H12BrN. The zero-order valence-electron chi connectivity index (χ0n) is 7.18. The minimum absolute atomic E-state index is 0.645. The maximum absolute atomic E-state index is 4.51. The third-order valence-electron chi connectivity index (χ3n) is 2.53. The quantitative estimate of drug-likeness (QED) is 0.618. The van der Waals surface area contributed by atoms with Gasteiger partial charge in [0.05, 0.1) is 0 Å². The van der Waals surface area contributed by atoms with Gasteiger partial charge in [-0.1, -0.05) is 13.0 Å². The Kier molecular flexibility index (Phi) is 2.18. The molecule has 0 aromatic carbocycles. The van der Waals surface area contributed by atoms with Crippen molar-refractivity contribution in [2.75, 3.05) is 0 Å². The van der Waals surface area contributed by atoms with Gasteiger partial charge in [0.25, 0.3) is 0 Å². The first kappa shape index (κ1) is 8.24. The van der Waals surface area contributed by atoms with Gasteiger partial charge in [-0.25, -0.2) is 4.98 Å². The number of aromatic nitrogens is 1. The molecule has 2 rings (SSSR count). The Morgan fingerprint density at radius 1 is 1.50 bits per heavy atom. The first-order valence-corrected chi connectivity index (χ1v) is 5.22. The second-order valence-electron chi connectivity index (χ2n) is 3.47. The highest BCUT2D eigenvalue weighted by Crippen LogP contribution is 2.30. The molecule has 2 heteroatoms. The van der Waals surface area contributed by atoms with Crippen molar-refractivity contribution in [2.45, 2.75) is 32.1 Å². The van der Waals surface area contributed by atoms with Crippen LogP contribution in [0.5, 0.6) is 0 Å². The smallest absolute Gasteiger partial charge is 0.106 e. The lowest BCUT2D eigenvalue weighted by Crippen LogP contribution is -2.09. The summed E-state index contributed by atoms with van der Waals surface area (Å²) in [5.74, 6) is 0.645. The molecule has 0 radical (unpaired) electrons. The molecule has 0 amide bonds. The topological polar surface area (TPSA) is 12.9 Å². The molecule has 0 spiro atoms. The molecule has 0 saturated carbocycles. The van der Waals surface area contributed by atoms with Crippen molar-refractivity contribution < 1.29 is 0 Å². The van der Waals surface area contributed by atoms with E-state index in [4.69, 9.17) is 0 Å². The zero-order chi connectivity index (χ0) is 8.55. The van der Waals surface area contributed by atoms with Gasteiger partial charge in [0.15, 0.2) is 0 Å². The Balaban J connectivity index is 2.47. The summed E-state index contributed by atoms with van der Waals surface area (Å²) in [7, 11) is 0. The molecule has 0 saturated heterocycles. The minimum Gasteiger partial charge on any atom is -0.245 e. The molecule has 0 aliphatic heterocycles. The molecule has 1 aliphatic carbocycles. The monoisotopic (exact) mass is 225 g/mol. The summed E-state index contributed by atoms with van der Waals surface area (Å²) in [5, 5.41) is 0. The zero-order valence-corrected chi connectivity index (χ0v) is 8.76. The number of hydrogen-bond acceptors (Lipinski definition) is 1. The summed E-state index contributed by atoms with van der Waals surface area (Å²) in [6, 6.07) is 4.24. The summed E-state index contributed by atoms with van der Waals surface area (Å²) in [5.41, 5.74) is 2.74. The van der Waals surface area contributed by atoms with Gasteiger partial charge in [-0.15, -0.1) is 0 Å². The van der Waals surface area contributed by atoms with Crippen LogP contribution in [0, 0.1) is 0 Å². The lowest BCUT2D eigenvalue weighted by Gasteiger charge is -2.20. The van der Waals surface area contributed by atoms with Crippen molar-refractivity contribution in [1.82, 2.24) is 4.98 Å². The van der Waals surface area contributed by atoms with Crippen molar-refractivity contribution in [3.63, 3.8) is 0 Å². The molecule has 1 aliphatic rings. The van der Waals surface area contributed by atoms with E-state index in [2.05, 4.69) is 33.9 Å². The predicted octanol–water partition coefficient (Wildman–Crippen LogP) is 3.28. The van der Waals surface area contributed by atoms with Gasteiger partial charge in [0.2, 0.25) is 0 Å². The van der Waals surface area contributed by atoms with Crippen molar-refractivity contribution in [3.8, 4) is 0 Å². The number of nitrogens with zero attached hydrogens (tertiary/aromatic N) is 1. The maximum atomic E-state index is 4.51. The molecule has 0 N–H and O–H groups in total. The molecule has 1 aromatic heterocycles. The van der Waals surface area contributed by atoms with Crippen LogP contribution in [0.3, 0.4) is 0 Å². The summed E-state index contributed by atoms with van der Waals surface area (Å²) >= 11 is 3.41. The molecule has 1 nitrogen and oxygen atoms in total. The van der Waals surface area contributed by atoms with Crippen LogP contribution in [0.4, 0.5) is 0 Å². The highest BCUT2D eigenvalue weighted by Gasteiger charge is 2.17. The van der Waals surface area contributed by atoms with E-state index < -0.39 is 0 Å². The molecule has 64 valence electrons. The summed E-state index contributed by atoms with van der Waals surface area (Å²) < 4.78 is 0.968. The first-order chi connectivity index (χ1) is 5.77. The Bertz CT molecular complexity index is 296. The molecule has 1 heterocycles. The average Bonchev–Trinajstić information content (AvgIpc) is 2.07. The van der Waals surface area contributed by atoms with Crippen molar-refractivity contribution in [2.24, 2.45) is 0 Å². The molecule has 0 bridgehead atoms. The van der Waals surface area contributed by atoms with Crippen molar-refractivity contribution >= 4 is 15.9 Å². The Labute approximate surface area is 81.3 Å². The second kappa shape index (κ2) is 3.17. The van der Waals surface area contributed by atoms with Gasteiger partial charge < -0.3 is 0 Å². The second-order valence-corrected chi connectivity index (χ2v) is 4.28. The number of pyridine rings is 1. The number of fused-ring (bicyclic) bond motifs is 1. The van der Waals surface area contributed by atoms with Crippen LogP contribution in [0.2, 0.25) is 0 Å². The van der Waals surface area contributed by atoms with Gasteiger partial charge in [0.1, 0.15) is 4.60 Å². The third kappa shape index (κ3) is 1.40. The van der Waals surface area contributed by atoms with Crippen molar-refractivity contribution in [1.29, 1.82) is 0 Å². The summed E-state index contributed by atoms with van der Waals surface area (Å²) in [6.07, 6.45) is 3.81. The fourth-order valence-corrected chi connectivity index (χ4v) is 2.18. The lowest BCUT2D eigenvalue weighted by atomic mass is 9.88. The molecule has 12 heavy (non-hydrogen) atoms. The van der Waals surface area contributed by atoms with E-state index in [1.807, 2.05) is 6.07 Å². The number of rotatable bonds is 0. The normalized spacial score (nSPS) is 22.0. The average molecular weight is 226 g/mol. The first-order valence-electron chi connectivity index (χ1n) is 4.42. The molecular weight excluding hydrogens is 214 g/mol. The van der Waals surface area contributed by atoms with E-state index in [1.54, 1.807) is 0 Å². The molecule has 1 atom stereocenters. The van der Waals surface area contributed by atoms with Gasteiger partial charge in [0, 0.05) is 5.69 Å². The van der Waals surface area contributed by atoms with E-state index in [0.717, 1.165) is 4.60 Å². The van der Waals surface area contributed by atoms with Crippen LogP contribution >= 0.6 is 15.9 Å². The van der Waals surface area contributed by atoms with Crippen LogP contribution in [0.25, 0.3) is 0 Å². The fourth-order valence-electron chi connectivity index (χ4n) is 1.85. The highest BCUT2D eigenvalue weighted by molar-refractivity contribution is 9.10. The predicted molar refractivity (Wildman–Crippen MR) is 53.3 cm³/mol. The van der Waals surface area contributed by atoms with Crippen molar-refractivity contribution in [3.05, 3.63) is 28.0 Å². The fraction of sp³-hybridized carbons (Fsp3) is 0.500. The molecule has 1 aromatic rings.